The second kappa shape index (κ2) is 6.36. The van der Waals surface area contributed by atoms with E-state index in [-0.39, 0.29) is 0 Å². The van der Waals surface area contributed by atoms with Crippen LogP contribution in [0, 0.1) is 5.92 Å². The number of nitrogens with one attached hydrogen (secondary N) is 1. The predicted molar refractivity (Wildman–Crippen MR) is 75.4 cm³/mol. The van der Waals surface area contributed by atoms with Crippen LogP contribution in [-0.2, 0) is 0 Å². The number of halogens is 1. The Morgan fingerprint density at radius 2 is 2.47 bits per heavy atom. The first-order chi connectivity index (χ1) is 8.31. The van der Waals surface area contributed by atoms with Crippen LogP contribution in [0.4, 0.5) is 5.82 Å². The predicted octanol–water partition coefficient (Wildman–Crippen LogP) is 2.67. The van der Waals surface area contributed by atoms with E-state index in [9.17, 15) is 0 Å². The summed E-state index contributed by atoms with van der Waals surface area (Å²) in [5.74, 6) is 1.84. The third kappa shape index (κ3) is 3.42. The van der Waals surface area contributed by atoms with E-state index < -0.39 is 0 Å². The number of aromatic nitrogens is 1. The van der Waals surface area contributed by atoms with Gasteiger partial charge in [-0.15, -0.1) is 0 Å². The average molecular weight is 298 g/mol. The van der Waals surface area contributed by atoms with E-state index in [0.717, 1.165) is 42.4 Å². The molecule has 1 unspecified atom stereocenters. The molecule has 0 saturated carbocycles. The fourth-order valence-corrected chi connectivity index (χ4v) is 2.89. The Hall–Kier alpha value is -0.610. The van der Waals surface area contributed by atoms with E-state index in [1.807, 2.05) is 12.3 Å². The number of anilines is 1. The lowest BCUT2D eigenvalue weighted by Crippen LogP contribution is -2.40. The highest BCUT2D eigenvalue weighted by Crippen LogP contribution is 2.27. The molecule has 1 saturated heterocycles. The van der Waals surface area contributed by atoms with E-state index in [1.165, 1.54) is 12.8 Å². The molecule has 0 amide bonds. The van der Waals surface area contributed by atoms with Crippen molar-refractivity contribution in [2.45, 2.75) is 19.8 Å². The SMILES string of the molecule is CCNCC1CCCN(c2ncccc2Br)C1. The number of piperidine rings is 1. The molecule has 94 valence electrons. The van der Waals surface area contributed by atoms with Crippen LogP contribution < -0.4 is 10.2 Å². The summed E-state index contributed by atoms with van der Waals surface area (Å²) in [6.45, 7) is 6.58. The van der Waals surface area contributed by atoms with Gasteiger partial charge in [-0.25, -0.2) is 4.98 Å². The Labute approximate surface area is 112 Å². The first kappa shape index (κ1) is 12.8. The molecule has 4 heteroatoms. The fourth-order valence-electron chi connectivity index (χ4n) is 2.38. The smallest absolute Gasteiger partial charge is 0.142 e. The highest BCUT2D eigenvalue weighted by molar-refractivity contribution is 9.10. The van der Waals surface area contributed by atoms with Gasteiger partial charge in [0, 0.05) is 19.3 Å². The Morgan fingerprint density at radius 1 is 1.59 bits per heavy atom. The van der Waals surface area contributed by atoms with Crippen LogP contribution in [0.1, 0.15) is 19.8 Å². The van der Waals surface area contributed by atoms with Crippen LogP contribution in [-0.4, -0.2) is 31.2 Å². The maximum absolute atomic E-state index is 4.48. The maximum Gasteiger partial charge on any atom is 0.142 e. The molecule has 1 aromatic heterocycles. The largest absolute Gasteiger partial charge is 0.355 e. The number of nitrogens with zero attached hydrogens (tertiary/aromatic N) is 2. The van der Waals surface area contributed by atoms with Gasteiger partial charge in [0.05, 0.1) is 4.47 Å². The van der Waals surface area contributed by atoms with Crippen LogP contribution in [0.2, 0.25) is 0 Å². The highest BCUT2D eigenvalue weighted by Gasteiger charge is 2.21. The molecule has 1 N–H and O–H groups in total. The Balaban J connectivity index is 1.99. The summed E-state index contributed by atoms with van der Waals surface area (Å²) in [7, 11) is 0. The van der Waals surface area contributed by atoms with E-state index in [2.05, 4.69) is 44.1 Å². The number of hydrogen-bond acceptors (Lipinski definition) is 3. The Morgan fingerprint density at radius 3 is 3.24 bits per heavy atom. The molecule has 1 fully saturated rings. The van der Waals surface area contributed by atoms with Crippen molar-refractivity contribution in [3.05, 3.63) is 22.8 Å². The first-order valence-electron chi connectivity index (χ1n) is 6.37. The molecule has 1 aliphatic rings. The summed E-state index contributed by atoms with van der Waals surface area (Å²) in [4.78, 5) is 6.87. The quantitative estimate of drug-likeness (QED) is 0.926. The lowest BCUT2D eigenvalue weighted by molar-refractivity contribution is 0.394. The summed E-state index contributed by atoms with van der Waals surface area (Å²) in [6.07, 6.45) is 4.46. The monoisotopic (exact) mass is 297 g/mol. The molecule has 0 radical (unpaired) electrons. The van der Waals surface area contributed by atoms with E-state index >= 15 is 0 Å². The summed E-state index contributed by atoms with van der Waals surface area (Å²) in [6, 6.07) is 4.03. The molecule has 0 bridgehead atoms. The van der Waals surface area contributed by atoms with Gasteiger partial charge in [-0.3, -0.25) is 0 Å². The van der Waals surface area contributed by atoms with Gasteiger partial charge in [0.1, 0.15) is 5.82 Å². The Bertz CT molecular complexity index is 356. The summed E-state index contributed by atoms with van der Waals surface area (Å²) in [5.41, 5.74) is 0. The molecular formula is C13H20BrN3. The van der Waals surface area contributed by atoms with Gasteiger partial charge in [0.25, 0.3) is 0 Å². The molecule has 0 spiro atoms. The van der Waals surface area contributed by atoms with Crippen molar-refractivity contribution in [2.24, 2.45) is 5.92 Å². The van der Waals surface area contributed by atoms with Gasteiger partial charge in [-0.2, -0.15) is 0 Å². The second-order valence-corrected chi connectivity index (χ2v) is 5.43. The summed E-state index contributed by atoms with van der Waals surface area (Å²) in [5, 5.41) is 3.45. The molecule has 1 atom stereocenters. The van der Waals surface area contributed by atoms with Crippen LogP contribution in [0.15, 0.2) is 22.8 Å². The number of pyridine rings is 1. The fraction of sp³-hybridized carbons (Fsp3) is 0.615. The van der Waals surface area contributed by atoms with E-state index in [0.29, 0.717) is 0 Å². The van der Waals surface area contributed by atoms with Gasteiger partial charge in [-0.1, -0.05) is 6.92 Å². The first-order valence-corrected chi connectivity index (χ1v) is 7.16. The number of hydrogen-bond donors (Lipinski definition) is 1. The van der Waals surface area contributed by atoms with Crippen molar-refractivity contribution in [1.82, 2.24) is 10.3 Å². The molecule has 0 aliphatic carbocycles. The third-order valence-corrected chi connectivity index (χ3v) is 3.86. The van der Waals surface area contributed by atoms with Crippen LogP contribution in [0.3, 0.4) is 0 Å². The van der Waals surface area contributed by atoms with Crippen molar-refractivity contribution in [3.63, 3.8) is 0 Å². The molecule has 1 aromatic rings. The number of rotatable bonds is 4. The van der Waals surface area contributed by atoms with Crippen molar-refractivity contribution in [3.8, 4) is 0 Å². The van der Waals surface area contributed by atoms with E-state index in [1.54, 1.807) is 0 Å². The molecule has 2 rings (SSSR count). The summed E-state index contributed by atoms with van der Waals surface area (Å²) < 4.78 is 1.10. The van der Waals surface area contributed by atoms with Crippen LogP contribution in [0.5, 0.6) is 0 Å². The zero-order valence-electron chi connectivity index (χ0n) is 10.3. The lowest BCUT2D eigenvalue weighted by Gasteiger charge is -2.34. The van der Waals surface area contributed by atoms with Gasteiger partial charge >= 0.3 is 0 Å². The van der Waals surface area contributed by atoms with Crippen molar-refractivity contribution < 1.29 is 0 Å². The maximum atomic E-state index is 4.48. The van der Waals surface area contributed by atoms with Crippen molar-refractivity contribution in [1.29, 1.82) is 0 Å². The molecule has 1 aliphatic heterocycles. The second-order valence-electron chi connectivity index (χ2n) is 4.57. The van der Waals surface area contributed by atoms with Crippen molar-refractivity contribution >= 4 is 21.7 Å². The zero-order valence-corrected chi connectivity index (χ0v) is 11.9. The molecule has 17 heavy (non-hydrogen) atoms. The standard InChI is InChI=1S/C13H20BrN3/c1-2-15-9-11-5-4-8-17(10-11)13-12(14)6-3-7-16-13/h3,6-7,11,15H,2,4-5,8-10H2,1H3. The Kier molecular flexibility index (Phi) is 4.80. The van der Waals surface area contributed by atoms with Gasteiger partial charge in [0.15, 0.2) is 0 Å². The van der Waals surface area contributed by atoms with Gasteiger partial charge < -0.3 is 10.2 Å². The average Bonchev–Trinajstić information content (AvgIpc) is 2.37. The summed E-state index contributed by atoms with van der Waals surface area (Å²) >= 11 is 3.58. The van der Waals surface area contributed by atoms with Gasteiger partial charge in [0.2, 0.25) is 0 Å². The highest BCUT2D eigenvalue weighted by atomic mass is 79.9. The topological polar surface area (TPSA) is 28.2 Å². The minimum atomic E-state index is 0.748. The minimum absolute atomic E-state index is 0.748. The molecule has 0 aromatic carbocycles. The normalized spacial score (nSPS) is 20.6. The van der Waals surface area contributed by atoms with Crippen LogP contribution in [0.25, 0.3) is 0 Å². The van der Waals surface area contributed by atoms with Gasteiger partial charge in [-0.05, 0) is 59.9 Å². The van der Waals surface area contributed by atoms with Crippen molar-refractivity contribution in [2.75, 3.05) is 31.1 Å². The lowest BCUT2D eigenvalue weighted by atomic mass is 9.98. The van der Waals surface area contributed by atoms with Crippen LogP contribution >= 0.6 is 15.9 Å². The zero-order chi connectivity index (χ0) is 12.1. The third-order valence-electron chi connectivity index (χ3n) is 3.24. The molecular weight excluding hydrogens is 278 g/mol. The minimum Gasteiger partial charge on any atom is -0.355 e. The van der Waals surface area contributed by atoms with E-state index in [4.69, 9.17) is 0 Å². The molecule has 3 nitrogen and oxygen atoms in total. The molecule has 2 heterocycles.